The molecule has 0 amide bonds. The number of nitrogens with zero attached hydrogens (tertiary/aromatic N) is 1. The third-order valence-electron chi connectivity index (χ3n) is 2.80. The van der Waals surface area contributed by atoms with Gasteiger partial charge in [0.1, 0.15) is 0 Å². The van der Waals surface area contributed by atoms with Crippen LogP contribution >= 0.6 is 11.6 Å². The molecule has 0 saturated heterocycles. The summed E-state index contributed by atoms with van der Waals surface area (Å²) >= 11 is 5.85. The number of H-pyrrole nitrogens is 1. The molecule has 0 aliphatic heterocycles. The average molecular weight is 257 g/mol. The molecule has 2 aromatic heterocycles. The first kappa shape index (κ1) is 11.0. The van der Waals surface area contributed by atoms with Crippen molar-refractivity contribution >= 4 is 22.4 Å². The minimum Gasteiger partial charge on any atom is -0.321 e. The van der Waals surface area contributed by atoms with Gasteiger partial charge in [0.2, 0.25) is 0 Å². The predicted molar refractivity (Wildman–Crippen MR) is 72.8 cm³/mol. The zero-order valence-electron chi connectivity index (χ0n) is 9.35. The van der Waals surface area contributed by atoms with Crippen LogP contribution in [0.1, 0.15) is 0 Å². The number of aromatic amines is 1. The van der Waals surface area contributed by atoms with Gasteiger partial charge in [-0.2, -0.15) is 0 Å². The van der Waals surface area contributed by atoms with E-state index in [0.717, 1.165) is 16.6 Å². The number of benzene rings is 1. The lowest BCUT2D eigenvalue weighted by molar-refractivity contribution is 1.26. The van der Waals surface area contributed by atoms with Crippen molar-refractivity contribution in [2.45, 2.75) is 0 Å². The van der Waals surface area contributed by atoms with Crippen LogP contribution in [-0.2, 0) is 0 Å². The number of rotatable bonds is 1. The molecule has 2 heterocycles. The predicted octanol–water partition coefficient (Wildman–Crippen LogP) is 3.24. The van der Waals surface area contributed by atoms with Gasteiger partial charge in [0.25, 0.3) is 5.56 Å². The van der Waals surface area contributed by atoms with Crippen LogP contribution in [0.4, 0.5) is 0 Å². The Kier molecular flexibility index (Phi) is 2.61. The Balaban J connectivity index is 2.24. The lowest BCUT2D eigenvalue weighted by atomic mass is 10.1. The number of aromatic nitrogens is 2. The summed E-state index contributed by atoms with van der Waals surface area (Å²) in [5.74, 6) is 0. The average Bonchev–Trinajstić information content (AvgIpc) is 2.39. The maximum atomic E-state index is 11.9. The highest BCUT2D eigenvalue weighted by Crippen LogP contribution is 2.21. The van der Waals surface area contributed by atoms with E-state index in [1.807, 2.05) is 24.3 Å². The summed E-state index contributed by atoms with van der Waals surface area (Å²) < 4.78 is 0. The van der Waals surface area contributed by atoms with E-state index >= 15 is 0 Å². The second kappa shape index (κ2) is 4.27. The van der Waals surface area contributed by atoms with Crippen molar-refractivity contribution in [1.29, 1.82) is 0 Å². The number of fused-ring (bicyclic) bond motifs is 1. The van der Waals surface area contributed by atoms with Crippen molar-refractivity contribution in [3.05, 3.63) is 64.2 Å². The van der Waals surface area contributed by atoms with Crippen LogP contribution in [0.2, 0.25) is 5.02 Å². The molecule has 0 saturated carbocycles. The second-order valence-electron chi connectivity index (χ2n) is 3.98. The minimum absolute atomic E-state index is 0.134. The van der Waals surface area contributed by atoms with E-state index in [1.165, 1.54) is 0 Å². The number of pyridine rings is 2. The maximum Gasteiger partial charge on any atom is 0.257 e. The van der Waals surface area contributed by atoms with Gasteiger partial charge < -0.3 is 4.98 Å². The summed E-state index contributed by atoms with van der Waals surface area (Å²) in [4.78, 5) is 18.7. The van der Waals surface area contributed by atoms with Crippen LogP contribution < -0.4 is 5.56 Å². The topological polar surface area (TPSA) is 45.8 Å². The number of hydrogen-bond acceptors (Lipinski definition) is 2. The van der Waals surface area contributed by atoms with Crippen molar-refractivity contribution in [2.24, 2.45) is 0 Å². The van der Waals surface area contributed by atoms with Gasteiger partial charge in [0, 0.05) is 23.1 Å². The summed E-state index contributed by atoms with van der Waals surface area (Å²) in [6, 6.07) is 11.1. The summed E-state index contributed by atoms with van der Waals surface area (Å²) in [7, 11) is 0. The number of halogens is 1. The van der Waals surface area contributed by atoms with Crippen LogP contribution in [0.25, 0.3) is 22.0 Å². The first-order valence-corrected chi connectivity index (χ1v) is 5.85. The molecule has 88 valence electrons. The molecular weight excluding hydrogens is 248 g/mol. The van der Waals surface area contributed by atoms with Crippen LogP contribution in [-0.4, -0.2) is 9.97 Å². The fourth-order valence-electron chi connectivity index (χ4n) is 1.89. The van der Waals surface area contributed by atoms with Gasteiger partial charge in [-0.3, -0.25) is 9.78 Å². The molecule has 0 spiro atoms. The van der Waals surface area contributed by atoms with E-state index in [9.17, 15) is 4.79 Å². The maximum absolute atomic E-state index is 11.9. The molecule has 0 radical (unpaired) electrons. The molecule has 1 N–H and O–H groups in total. The van der Waals surface area contributed by atoms with E-state index in [0.29, 0.717) is 10.4 Å². The van der Waals surface area contributed by atoms with E-state index in [1.54, 1.807) is 24.5 Å². The SMILES string of the molecule is O=c1[nH]c(-c2ccc(Cl)cc2)cc2ccncc12. The second-order valence-corrected chi connectivity index (χ2v) is 4.42. The number of hydrogen-bond donors (Lipinski definition) is 1. The lowest BCUT2D eigenvalue weighted by Gasteiger charge is -2.03. The monoisotopic (exact) mass is 256 g/mol. The van der Waals surface area contributed by atoms with Crippen LogP contribution in [0, 0.1) is 0 Å². The van der Waals surface area contributed by atoms with Crippen LogP contribution in [0.3, 0.4) is 0 Å². The Hall–Kier alpha value is -2.13. The van der Waals surface area contributed by atoms with Crippen molar-refractivity contribution in [3.8, 4) is 11.3 Å². The minimum atomic E-state index is -0.134. The van der Waals surface area contributed by atoms with E-state index in [4.69, 9.17) is 11.6 Å². The van der Waals surface area contributed by atoms with E-state index in [-0.39, 0.29) is 5.56 Å². The Bertz CT molecular complexity index is 763. The fourth-order valence-corrected chi connectivity index (χ4v) is 2.01. The molecule has 3 aromatic rings. The molecule has 0 fully saturated rings. The zero-order chi connectivity index (χ0) is 12.5. The van der Waals surface area contributed by atoms with Gasteiger partial charge in [-0.15, -0.1) is 0 Å². The van der Waals surface area contributed by atoms with Crippen molar-refractivity contribution in [3.63, 3.8) is 0 Å². The first-order chi connectivity index (χ1) is 8.74. The highest BCUT2D eigenvalue weighted by molar-refractivity contribution is 6.30. The zero-order valence-corrected chi connectivity index (χ0v) is 10.1. The van der Waals surface area contributed by atoms with Crippen molar-refractivity contribution in [2.75, 3.05) is 0 Å². The van der Waals surface area contributed by atoms with Gasteiger partial charge in [0.15, 0.2) is 0 Å². The third-order valence-corrected chi connectivity index (χ3v) is 3.05. The summed E-state index contributed by atoms with van der Waals surface area (Å²) in [6.45, 7) is 0. The summed E-state index contributed by atoms with van der Waals surface area (Å²) in [6.07, 6.45) is 3.24. The van der Waals surface area contributed by atoms with Gasteiger partial charge in [-0.25, -0.2) is 0 Å². The van der Waals surface area contributed by atoms with Gasteiger partial charge in [-0.1, -0.05) is 23.7 Å². The molecule has 4 heteroatoms. The molecule has 0 aliphatic rings. The lowest BCUT2D eigenvalue weighted by Crippen LogP contribution is -2.07. The van der Waals surface area contributed by atoms with Crippen LogP contribution in [0.15, 0.2) is 53.6 Å². The summed E-state index contributed by atoms with van der Waals surface area (Å²) in [5.41, 5.74) is 1.57. The summed E-state index contributed by atoms with van der Waals surface area (Å²) in [5, 5.41) is 2.14. The highest BCUT2D eigenvalue weighted by atomic mass is 35.5. The molecule has 18 heavy (non-hydrogen) atoms. The fraction of sp³-hybridized carbons (Fsp3) is 0. The van der Waals surface area contributed by atoms with Gasteiger partial charge in [-0.05, 0) is 35.2 Å². The molecule has 0 unspecified atom stereocenters. The third kappa shape index (κ3) is 1.89. The highest BCUT2D eigenvalue weighted by Gasteiger charge is 2.03. The molecule has 0 bridgehead atoms. The van der Waals surface area contributed by atoms with Gasteiger partial charge in [0.05, 0.1) is 5.39 Å². The Labute approximate surface area is 108 Å². The molecule has 0 atom stereocenters. The van der Waals surface area contributed by atoms with Crippen LogP contribution in [0.5, 0.6) is 0 Å². The molecule has 3 nitrogen and oxygen atoms in total. The quantitative estimate of drug-likeness (QED) is 0.726. The normalized spacial score (nSPS) is 10.7. The van der Waals surface area contributed by atoms with E-state index in [2.05, 4.69) is 9.97 Å². The molecule has 0 aliphatic carbocycles. The Morgan fingerprint density at radius 1 is 1.11 bits per heavy atom. The smallest absolute Gasteiger partial charge is 0.257 e. The first-order valence-electron chi connectivity index (χ1n) is 5.47. The largest absolute Gasteiger partial charge is 0.321 e. The van der Waals surface area contributed by atoms with Gasteiger partial charge >= 0.3 is 0 Å². The molecular formula is C14H9ClN2O. The number of nitrogens with one attached hydrogen (secondary N) is 1. The Morgan fingerprint density at radius 3 is 2.67 bits per heavy atom. The standard InChI is InChI=1S/C14H9ClN2O/c15-11-3-1-9(2-4-11)13-7-10-5-6-16-8-12(10)14(18)17-13/h1-8H,(H,17,18). The Morgan fingerprint density at radius 2 is 1.89 bits per heavy atom. The molecule has 3 rings (SSSR count). The van der Waals surface area contributed by atoms with Crippen molar-refractivity contribution in [1.82, 2.24) is 9.97 Å². The molecule has 1 aromatic carbocycles. The van der Waals surface area contributed by atoms with E-state index < -0.39 is 0 Å². The van der Waals surface area contributed by atoms with Crippen molar-refractivity contribution < 1.29 is 0 Å².